The van der Waals surface area contributed by atoms with Crippen LogP contribution in [-0.2, 0) is 62.1 Å². The summed E-state index contributed by atoms with van der Waals surface area (Å²) >= 11 is 0. The van der Waals surface area contributed by atoms with Gasteiger partial charge in [-0.2, -0.15) is 0 Å². The summed E-state index contributed by atoms with van der Waals surface area (Å²) in [6, 6.07) is 24.2. The number of hydrogen-bond donors (Lipinski definition) is 1. The van der Waals surface area contributed by atoms with E-state index in [0.29, 0.717) is 51.7 Å². The number of rotatable bonds is 24. The zero-order valence-electron chi connectivity index (χ0n) is 46.0. The lowest BCUT2D eigenvalue weighted by Crippen LogP contribution is -2.57. The molecule has 2 saturated heterocycles. The molecule has 0 radical (unpaired) electrons. The number of aliphatic carboxylic acids is 1. The van der Waals surface area contributed by atoms with Crippen LogP contribution in [0.3, 0.4) is 0 Å². The van der Waals surface area contributed by atoms with Crippen LogP contribution in [0, 0.1) is 6.92 Å². The standard InChI is InChI=1S/C33H33N3O8.C25H31N3O9/c1-5-43-29(37)20-34(21-30(38)44-6-2)24-13-9-23(10-14-24)19-28-31(39)35(25-11-7-22(3)8-12-25)33(41)36(32(28)40)26-15-17-27(42-4)18-16-26;1-4-7-12-27-23(33)19(24(34)28(25(27)35)14-20(29)30)13-17-8-10-18(11-9-17)26(15-21(31)36-5-2)16-22(32)37-6-3/h7-19H,5-6,20-21H2,1-4H3;8-11,13H,4-7,12,14-16H2,1-3H3,(H,29,30)/b28-19-;19-13+. The van der Waals surface area contributed by atoms with Crippen molar-refractivity contribution in [3.63, 3.8) is 0 Å². The number of ether oxygens (including phenoxy) is 5. The summed E-state index contributed by atoms with van der Waals surface area (Å²) in [5.41, 5.74) is 2.82. The number of imide groups is 4. The van der Waals surface area contributed by atoms with Crippen molar-refractivity contribution in [1.29, 1.82) is 0 Å². The third-order valence-electron chi connectivity index (χ3n) is 12.0. The van der Waals surface area contributed by atoms with Crippen LogP contribution >= 0.6 is 0 Å². The highest BCUT2D eigenvalue weighted by atomic mass is 16.5. The summed E-state index contributed by atoms with van der Waals surface area (Å²) < 4.78 is 25.2. The number of urea groups is 2. The minimum atomic E-state index is -1.39. The van der Waals surface area contributed by atoms with Gasteiger partial charge >= 0.3 is 41.9 Å². The van der Waals surface area contributed by atoms with E-state index in [1.807, 2.05) is 13.8 Å². The fourth-order valence-corrected chi connectivity index (χ4v) is 8.05. The first kappa shape index (κ1) is 62.2. The fourth-order valence-electron chi connectivity index (χ4n) is 8.05. The number of hydrogen-bond acceptors (Lipinski definition) is 18. The van der Waals surface area contributed by atoms with E-state index in [1.165, 1.54) is 29.1 Å². The number of carbonyl (C=O) groups is 11. The van der Waals surface area contributed by atoms with E-state index in [1.54, 1.807) is 125 Å². The van der Waals surface area contributed by atoms with Crippen LogP contribution in [0.4, 0.5) is 32.3 Å². The maximum Gasteiger partial charge on any atom is 0.343 e. The molecular weight excluding hydrogens is 1050 g/mol. The largest absolute Gasteiger partial charge is 0.497 e. The van der Waals surface area contributed by atoms with Gasteiger partial charge in [-0.1, -0.05) is 55.3 Å². The monoisotopic (exact) mass is 1120 g/mol. The molecule has 2 aliphatic rings. The highest BCUT2D eigenvalue weighted by molar-refractivity contribution is 6.46. The second-order valence-corrected chi connectivity index (χ2v) is 17.7. The van der Waals surface area contributed by atoms with E-state index in [-0.39, 0.29) is 76.0 Å². The first-order valence-corrected chi connectivity index (χ1v) is 25.9. The van der Waals surface area contributed by atoms with Crippen molar-refractivity contribution in [3.05, 3.63) is 125 Å². The van der Waals surface area contributed by atoms with Crippen molar-refractivity contribution >= 4 is 100 Å². The number of esters is 4. The summed E-state index contributed by atoms with van der Waals surface area (Å²) in [6.07, 6.45) is 3.85. The average molecular weight is 1120 g/mol. The molecule has 23 nitrogen and oxygen atoms in total. The molecule has 4 aromatic carbocycles. The van der Waals surface area contributed by atoms with E-state index in [0.717, 1.165) is 20.3 Å². The Morgan fingerprint density at radius 2 is 0.864 bits per heavy atom. The number of barbiturate groups is 2. The van der Waals surface area contributed by atoms with E-state index in [9.17, 15) is 52.7 Å². The van der Waals surface area contributed by atoms with Gasteiger partial charge in [-0.15, -0.1) is 0 Å². The van der Waals surface area contributed by atoms with Crippen LogP contribution in [0.1, 0.15) is 64.2 Å². The molecule has 0 aliphatic carbocycles. The van der Waals surface area contributed by atoms with Gasteiger partial charge in [-0.05, 0) is 125 Å². The Balaban J connectivity index is 0.000000302. The van der Waals surface area contributed by atoms with E-state index in [2.05, 4.69) is 0 Å². The molecule has 0 saturated carbocycles. The van der Waals surface area contributed by atoms with Gasteiger partial charge < -0.3 is 38.6 Å². The lowest BCUT2D eigenvalue weighted by atomic mass is 10.0. The van der Waals surface area contributed by atoms with Crippen LogP contribution < -0.4 is 24.3 Å². The highest BCUT2D eigenvalue weighted by Crippen LogP contribution is 2.32. The number of carboxylic acids is 1. The number of carboxylic acid groups (broad SMARTS) is 1. The predicted octanol–water partition coefficient (Wildman–Crippen LogP) is 6.20. The quantitative estimate of drug-likeness (QED) is 0.0354. The predicted molar refractivity (Wildman–Crippen MR) is 296 cm³/mol. The smallest absolute Gasteiger partial charge is 0.343 e. The molecule has 428 valence electrons. The van der Waals surface area contributed by atoms with Crippen molar-refractivity contribution in [1.82, 2.24) is 9.80 Å². The first-order chi connectivity index (χ1) is 38.8. The lowest BCUT2D eigenvalue weighted by Gasteiger charge is -2.34. The number of benzene rings is 4. The van der Waals surface area contributed by atoms with E-state index >= 15 is 0 Å². The molecule has 2 fully saturated rings. The van der Waals surface area contributed by atoms with Crippen molar-refractivity contribution < 1.29 is 81.5 Å². The summed E-state index contributed by atoms with van der Waals surface area (Å²) in [7, 11) is 1.50. The van der Waals surface area contributed by atoms with Gasteiger partial charge in [0, 0.05) is 17.9 Å². The van der Waals surface area contributed by atoms with Crippen molar-refractivity contribution in [3.8, 4) is 5.75 Å². The number of aryl methyl sites for hydroxylation is 1. The molecule has 8 amide bonds. The first-order valence-electron chi connectivity index (χ1n) is 25.9. The van der Waals surface area contributed by atoms with Crippen LogP contribution in [0.15, 0.2) is 108 Å². The Kier molecular flexibility index (Phi) is 23.0. The molecule has 2 heterocycles. The molecule has 81 heavy (non-hydrogen) atoms. The van der Waals surface area contributed by atoms with Crippen LogP contribution in [0.5, 0.6) is 5.75 Å². The molecule has 0 bridgehead atoms. The summed E-state index contributed by atoms with van der Waals surface area (Å²) in [5, 5.41) is 9.14. The SMILES string of the molecule is CCCCN1C(=O)/C(=C\c2ccc(N(CC(=O)OCC)CC(=O)OCC)cc2)C(=O)N(CC(=O)O)C1=O.CCOC(=O)CN(CC(=O)OCC)c1ccc(/C=C2/C(=O)N(c3ccc(C)cc3)C(=O)N(c3ccc(OC)cc3)C2=O)cc1. The van der Waals surface area contributed by atoms with Gasteiger partial charge in [0.2, 0.25) is 0 Å². The third-order valence-corrected chi connectivity index (χ3v) is 12.0. The number of unbranched alkanes of at least 4 members (excludes halogenated alkanes) is 1. The maximum absolute atomic E-state index is 13.7. The van der Waals surface area contributed by atoms with Crippen molar-refractivity contribution in [2.24, 2.45) is 0 Å². The van der Waals surface area contributed by atoms with E-state index < -0.39 is 72.1 Å². The maximum atomic E-state index is 13.7. The second-order valence-electron chi connectivity index (χ2n) is 17.7. The Morgan fingerprint density at radius 1 is 0.494 bits per heavy atom. The molecule has 0 spiro atoms. The molecule has 0 atom stereocenters. The topological polar surface area (TPSA) is 274 Å². The van der Waals surface area contributed by atoms with Gasteiger partial charge in [0.25, 0.3) is 23.6 Å². The molecule has 6 rings (SSSR count). The van der Waals surface area contributed by atoms with Gasteiger partial charge in [0.05, 0.1) is 44.9 Å². The van der Waals surface area contributed by atoms with Crippen LogP contribution in [0.25, 0.3) is 12.2 Å². The third kappa shape index (κ3) is 16.7. The number of amides is 8. The highest BCUT2D eigenvalue weighted by Gasteiger charge is 2.44. The number of methoxy groups -OCH3 is 1. The van der Waals surface area contributed by atoms with Gasteiger partial charge in [-0.3, -0.25) is 48.1 Å². The fraction of sp³-hybridized carbons (Fsp3) is 0.328. The average Bonchev–Trinajstić information content (AvgIpc) is 3.36. The lowest BCUT2D eigenvalue weighted by molar-refractivity contribution is -0.144. The summed E-state index contributed by atoms with van der Waals surface area (Å²) in [4.78, 5) is 145. The molecular formula is C58H64N6O17. The number of carbonyl (C=O) groups excluding carboxylic acids is 10. The Bertz CT molecular complexity index is 2990. The van der Waals surface area contributed by atoms with Gasteiger partial charge in [-0.25, -0.2) is 24.3 Å². The Labute approximate surface area is 467 Å². The molecule has 1 N–H and O–H groups in total. The van der Waals surface area contributed by atoms with Gasteiger partial charge in [0.15, 0.2) is 0 Å². The summed E-state index contributed by atoms with van der Waals surface area (Å²) in [5.74, 6) is -6.32. The normalized spacial score (nSPS) is 14.4. The summed E-state index contributed by atoms with van der Waals surface area (Å²) in [6.45, 7) is 9.58. The molecule has 4 aromatic rings. The zero-order chi connectivity index (χ0) is 59.3. The minimum Gasteiger partial charge on any atom is -0.497 e. The van der Waals surface area contributed by atoms with Crippen molar-refractivity contribution in [2.45, 2.75) is 54.4 Å². The molecule has 0 unspecified atom stereocenters. The second kappa shape index (κ2) is 29.9. The zero-order valence-corrected chi connectivity index (χ0v) is 46.0. The van der Waals surface area contributed by atoms with Gasteiger partial charge in [0.1, 0.15) is 49.6 Å². The van der Waals surface area contributed by atoms with Crippen molar-refractivity contribution in [2.75, 3.05) is 92.4 Å². The molecule has 23 heteroatoms. The minimum absolute atomic E-state index is 0.0462. The van der Waals surface area contributed by atoms with E-state index in [4.69, 9.17) is 28.8 Å². The molecule has 0 aromatic heterocycles. The Morgan fingerprint density at radius 3 is 1.22 bits per heavy atom. The van der Waals surface area contributed by atoms with Crippen LogP contribution in [-0.4, -0.2) is 153 Å². The molecule has 2 aliphatic heterocycles. The number of nitrogens with zero attached hydrogens (tertiary/aromatic N) is 6. The number of anilines is 4. The van der Waals surface area contributed by atoms with Crippen LogP contribution in [0.2, 0.25) is 0 Å². The Hall–Kier alpha value is -9.67.